The number of aryl methyl sites for hydroxylation is 1. The fourth-order valence-corrected chi connectivity index (χ4v) is 3.95. The zero-order valence-corrected chi connectivity index (χ0v) is 16.1. The molecule has 1 aliphatic rings. The second kappa shape index (κ2) is 6.77. The van der Waals surface area contributed by atoms with Crippen molar-refractivity contribution in [3.05, 3.63) is 65.9 Å². The average Bonchev–Trinajstić information content (AvgIpc) is 3.14. The third-order valence-corrected chi connectivity index (χ3v) is 5.41. The highest BCUT2D eigenvalue weighted by Gasteiger charge is 2.25. The summed E-state index contributed by atoms with van der Waals surface area (Å²) in [4.78, 5) is 21.7. The van der Waals surface area contributed by atoms with Gasteiger partial charge in [-0.3, -0.25) is 4.79 Å². The largest absolute Gasteiger partial charge is 0.507 e. The van der Waals surface area contributed by atoms with Gasteiger partial charge >= 0.3 is 0 Å². The molecule has 3 heterocycles. The number of rotatable bonds is 2. The van der Waals surface area contributed by atoms with Crippen LogP contribution in [0.3, 0.4) is 0 Å². The first-order valence-corrected chi connectivity index (χ1v) is 9.69. The van der Waals surface area contributed by atoms with E-state index in [-0.39, 0.29) is 11.7 Å². The Labute approximate surface area is 167 Å². The summed E-state index contributed by atoms with van der Waals surface area (Å²) in [5.41, 5.74) is 3.12. The Morgan fingerprint density at radius 2 is 1.72 bits per heavy atom. The molecule has 0 aliphatic carbocycles. The third kappa shape index (κ3) is 2.95. The number of hydrogen-bond donors (Lipinski definition) is 1. The number of fused-ring (bicyclic) bond motifs is 3. The van der Waals surface area contributed by atoms with E-state index in [0.717, 1.165) is 28.1 Å². The third-order valence-electron chi connectivity index (χ3n) is 5.41. The van der Waals surface area contributed by atoms with Crippen molar-refractivity contribution in [1.29, 1.82) is 0 Å². The van der Waals surface area contributed by atoms with Gasteiger partial charge in [0.25, 0.3) is 5.91 Å². The minimum absolute atomic E-state index is 0.0224. The van der Waals surface area contributed by atoms with E-state index in [1.807, 2.05) is 29.6 Å². The molecule has 7 heteroatoms. The number of amides is 1. The summed E-state index contributed by atoms with van der Waals surface area (Å²) in [6, 6.07) is 16.8. The number of nitrogens with zero attached hydrogens (tertiary/aromatic N) is 5. The Morgan fingerprint density at radius 1 is 1.00 bits per heavy atom. The Hall–Kier alpha value is -3.61. The van der Waals surface area contributed by atoms with E-state index in [0.29, 0.717) is 31.7 Å². The van der Waals surface area contributed by atoms with E-state index in [2.05, 4.69) is 22.1 Å². The van der Waals surface area contributed by atoms with Gasteiger partial charge in [0, 0.05) is 37.6 Å². The molecular weight excluding hydrogens is 366 g/mol. The zero-order valence-electron chi connectivity index (χ0n) is 16.1. The van der Waals surface area contributed by atoms with Crippen LogP contribution >= 0.6 is 0 Å². The number of carbonyl (C=O) groups is 1. The van der Waals surface area contributed by atoms with Crippen molar-refractivity contribution in [2.24, 2.45) is 0 Å². The van der Waals surface area contributed by atoms with Gasteiger partial charge < -0.3 is 14.9 Å². The number of hydrogen-bond acceptors (Lipinski definition) is 5. The quantitative estimate of drug-likeness (QED) is 0.573. The molecule has 2 aromatic heterocycles. The molecule has 1 aliphatic heterocycles. The predicted molar refractivity (Wildman–Crippen MR) is 111 cm³/mol. The second-order valence-electron chi connectivity index (χ2n) is 7.30. The molecule has 0 atom stereocenters. The number of phenols is 1. The number of aromatic hydroxyl groups is 1. The summed E-state index contributed by atoms with van der Waals surface area (Å²) >= 11 is 0. The van der Waals surface area contributed by atoms with E-state index >= 15 is 0 Å². The highest BCUT2D eigenvalue weighted by molar-refractivity contribution is 5.97. The minimum Gasteiger partial charge on any atom is -0.507 e. The van der Waals surface area contributed by atoms with E-state index in [9.17, 15) is 9.90 Å². The van der Waals surface area contributed by atoms with Crippen LogP contribution in [0.4, 0.5) is 5.82 Å². The molecule has 2 aromatic carbocycles. The lowest BCUT2D eigenvalue weighted by atomic mass is 10.1. The summed E-state index contributed by atoms with van der Waals surface area (Å²) in [6.07, 6.45) is 0. The van der Waals surface area contributed by atoms with Gasteiger partial charge in [0.05, 0.1) is 16.8 Å². The average molecular weight is 387 g/mol. The van der Waals surface area contributed by atoms with Crippen molar-refractivity contribution >= 4 is 28.3 Å². The second-order valence-corrected chi connectivity index (χ2v) is 7.30. The molecule has 0 saturated carbocycles. The topological polar surface area (TPSA) is 74.0 Å². The fraction of sp³-hybridized carbons (Fsp3) is 0.227. The van der Waals surface area contributed by atoms with Gasteiger partial charge in [0.1, 0.15) is 11.6 Å². The van der Waals surface area contributed by atoms with Gasteiger partial charge in [0.2, 0.25) is 0 Å². The Kier molecular flexibility index (Phi) is 4.08. The minimum atomic E-state index is -0.137. The molecule has 1 fully saturated rings. The van der Waals surface area contributed by atoms with Gasteiger partial charge in [-0.2, -0.15) is 5.10 Å². The van der Waals surface area contributed by atoms with Gasteiger partial charge in [0.15, 0.2) is 5.65 Å². The standard InChI is InChI=1S/C22H21N5O2/c1-15-14-20-23-21(16-6-2-4-8-18(16)27(20)24-15)25-10-12-26(13-11-25)22(29)17-7-3-5-9-19(17)28/h2-9,14,28H,10-13H2,1H3. The lowest BCUT2D eigenvalue weighted by molar-refractivity contribution is 0.0743. The van der Waals surface area contributed by atoms with Crippen LogP contribution in [0.2, 0.25) is 0 Å². The summed E-state index contributed by atoms with van der Waals surface area (Å²) < 4.78 is 1.88. The van der Waals surface area contributed by atoms with Crippen LogP contribution in [0.25, 0.3) is 16.6 Å². The number of carbonyl (C=O) groups excluding carboxylic acids is 1. The Balaban J connectivity index is 1.44. The summed E-state index contributed by atoms with van der Waals surface area (Å²) in [7, 11) is 0. The summed E-state index contributed by atoms with van der Waals surface area (Å²) in [5, 5.41) is 15.6. The lowest BCUT2D eigenvalue weighted by Gasteiger charge is -2.36. The maximum absolute atomic E-state index is 12.8. The molecule has 0 unspecified atom stereocenters. The van der Waals surface area contributed by atoms with E-state index in [1.165, 1.54) is 0 Å². The van der Waals surface area contributed by atoms with Crippen LogP contribution in [0, 0.1) is 6.92 Å². The van der Waals surface area contributed by atoms with Crippen molar-refractivity contribution in [2.75, 3.05) is 31.1 Å². The van der Waals surface area contributed by atoms with Crippen molar-refractivity contribution in [2.45, 2.75) is 6.92 Å². The van der Waals surface area contributed by atoms with Gasteiger partial charge in [-0.05, 0) is 31.2 Å². The number of piperazine rings is 1. The van der Waals surface area contributed by atoms with E-state index in [1.54, 1.807) is 29.2 Å². The monoisotopic (exact) mass is 387 g/mol. The van der Waals surface area contributed by atoms with Crippen molar-refractivity contribution < 1.29 is 9.90 Å². The highest BCUT2D eigenvalue weighted by atomic mass is 16.3. The zero-order chi connectivity index (χ0) is 20.0. The molecule has 5 rings (SSSR count). The lowest BCUT2D eigenvalue weighted by Crippen LogP contribution is -2.49. The fourth-order valence-electron chi connectivity index (χ4n) is 3.95. The smallest absolute Gasteiger partial charge is 0.257 e. The molecule has 1 saturated heterocycles. The van der Waals surface area contributed by atoms with Crippen LogP contribution in [-0.4, -0.2) is 56.7 Å². The van der Waals surface area contributed by atoms with Gasteiger partial charge in [-0.25, -0.2) is 9.50 Å². The molecule has 4 aromatic rings. The van der Waals surface area contributed by atoms with E-state index in [4.69, 9.17) is 4.98 Å². The molecule has 0 spiro atoms. The molecule has 0 bridgehead atoms. The van der Waals surface area contributed by atoms with E-state index < -0.39 is 0 Å². The van der Waals surface area contributed by atoms with Crippen LogP contribution in [-0.2, 0) is 0 Å². The van der Waals surface area contributed by atoms with Crippen LogP contribution in [0.1, 0.15) is 16.1 Å². The number of para-hydroxylation sites is 2. The first-order valence-electron chi connectivity index (χ1n) is 9.69. The van der Waals surface area contributed by atoms with Crippen LogP contribution in [0.5, 0.6) is 5.75 Å². The van der Waals surface area contributed by atoms with Crippen molar-refractivity contribution in [3.63, 3.8) is 0 Å². The molecule has 0 radical (unpaired) electrons. The van der Waals surface area contributed by atoms with Gasteiger partial charge in [-0.15, -0.1) is 0 Å². The Morgan fingerprint density at radius 3 is 2.52 bits per heavy atom. The molecule has 146 valence electrons. The molecule has 7 nitrogen and oxygen atoms in total. The normalized spacial score (nSPS) is 14.7. The molecular formula is C22H21N5O2. The predicted octanol–water partition coefficient (Wildman–Crippen LogP) is 2.86. The van der Waals surface area contributed by atoms with Crippen molar-refractivity contribution in [1.82, 2.24) is 19.5 Å². The molecule has 1 N–H and O–H groups in total. The SMILES string of the molecule is Cc1cc2nc(N3CCN(C(=O)c4ccccc4O)CC3)c3ccccc3n2n1. The van der Waals surface area contributed by atoms with Crippen LogP contribution in [0.15, 0.2) is 54.6 Å². The first kappa shape index (κ1) is 17.5. The number of phenolic OH excluding ortho intramolecular Hbond substituents is 1. The summed E-state index contributed by atoms with van der Waals surface area (Å²) in [6.45, 7) is 4.48. The van der Waals surface area contributed by atoms with Crippen molar-refractivity contribution in [3.8, 4) is 5.75 Å². The summed E-state index contributed by atoms with van der Waals surface area (Å²) in [5.74, 6) is 0.805. The molecule has 1 amide bonds. The highest BCUT2D eigenvalue weighted by Crippen LogP contribution is 2.28. The molecule has 29 heavy (non-hydrogen) atoms. The maximum atomic E-state index is 12.8. The number of benzene rings is 2. The number of aromatic nitrogens is 3. The Bertz CT molecular complexity index is 1220. The van der Waals surface area contributed by atoms with Gasteiger partial charge in [-0.1, -0.05) is 24.3 Å². The number of anilines is 1. The first-order chi connectivity index (χ1) is 14.1. The maximum Gasteiger partial charge on any atom is 0.257 e. The van der Waals surface area contributed by atoms with Crippen LogP contribution < -0.4 is 4.90 Å².